The van der Waals surface area contributed by atoms with Crippen LogP contribution in [-0.4, -0.2) is 71.5 Å². The number of fused-ring (bicyclic) bond motifs is 1. The van der Waals surface area contributed by atoms with E-state index in [-0.39, 0.29) is 29.9 Å². The van der Waals surface area contributed by atoms with Crippen LogP contribution in [0.5, 0.6) is 0 Å². The van der Waals surface area contributed by atoms with E-state index >= 15 is 0 Å². The average Bonchev–Trinajstić information content (AvgIpc) is 3.66. The molecule has 2 fully saturated rings. The smallest absolute Gasteiger partial charge is 0.338 e. The molecule has 1 amide bonds. The molecular weight excluding hydrogens is 604 g/mol. The molecule has 0 spiro atoms. The molecule has 10 nitrogen and oxygen atoms in total. The zero-order chi connectivity index (χ0) is 31.8. The Bertz CT molecular complexity index is 1730. The fraction of sp³-hybridized carbons (Fsp3) is 0.344. The number of aromatic carboxylic acids is 1. The number of halogens is 2. The molecule has 4 heterocycles. The van der Waals surface area contributed by atoms with Gasteiger partial charge in [0.25, 0.3) is 0 Å². The Kier molecular flexibility index (Phi) is 8.47. The van der Waals surface area contributed by atoms with Crippen molar-refractivity contribution in [1.82, 2.24) is 15.2 Å². The van der Waals surface area contributed by atoms with Gasteiger partial charge in [0.15, 0.2) is 10.8 Å². The number of piperidine rings is 1. The first-order valence-corrected chi connectivity index (χ1v) is 15.5. The number of carboxylic acid groups (broad SMARTS) is 1. The van der Waals surface area contributed by atoms with E-state index in [0.29, 0.717) is 66.0 Å². The van der Waals surface area contributed by atoms with Gasteiger partial charge >= 0.3 is 11.9 Å². The van der Waals surface area contributed by atoms with E-state index in [4.69, 9.17) is 9.73 Å². The second-order valence-corrected chi connectivity index (χ2v) is 12.1. The highest BCUT2D eigenvalue weighted by Gasteiger charge is 2.45. The van der Waals surface area contributed by atoms with Crippen LogP contribution in [0.1, 0.15) is 45.9 Å². The molecule has 13 heteroatoms. The van der Waals surface area contributed by atoms with Crippen molar-refractivity contribution in [3.05, 3.63) is 92.6 Å². The second-order valence-electron chi connectivity index (χ2n) is 11.2. The number of carbonyl (C=O) groups is 3. The Morgan fingerprint density at radius 1 is 1.18 bits per heavy atom. The minimum Gasteiger partial charge on any atom is -0.478 e. The Morgan fingerprint density at radius 2 is 2.00 bits per heavy atom. The zero-order valence-corrected chi connectivity index (χ0v) is 25.4. The van der Waals surface area contributed by atoms with Gasteiger partial charge in [0.05, 0.1) is 17.7 Å². The van der Waals surface area contributed by atoms with Gasteiger partial charge in [-0.2, -0.15) is 0 Å². The number of amides is 1. The Balaban J connectivity index is 1.30. The fourth-order valence-corrected chi connectivity index (χ4v) is 6.94. The number of ether oxygens (including phenoxy) is 1. The number of anilines is 1. The van der Waals surface area contributed by atoms with Crippen molar-refractivity contribution in [2.24, 2.45) is 16.8 Å². The van der Waals surface area contributed by atoms with E-state index in [9.17, 15) is 28.3 Å². The molecule has 0 unspecified atom stereocenters. The SMILES string of the molecule is CCOC(=O)C1=C(CN2CC[C@@H]3C(=O)N(c4ccc(C(=O)O)c(F)c4)C[C@@H]3C2)NC(c2nccs2)=N[C@H]1c1cccc(F)c1C. The van der Waals surface area contributed by atoms with Crippen LogP contribution in [0.3, 0.4) is 0 Å². The van der Waals surface area contributed by atoms with Crippen molar-refractivity contribution in [2.75, 3.05) is 37.7 Å². The van der Waals surface area contributed by atoms with Crippen LogP contribution in [0.4, 0.5) is 14.5 Å². The van der Waals surface area contributed by atoms with Crippen molar-refractivity contribution < 1.29 is 33.0 Å². The zero-order valence-electron chi connectivity index (χ0n) is 24.6. The monoisotopic (exact) mass is 635 g/mol. The van der Waals surface area contributed by atoms with Crippen molar-refractivity contribution in [3.8, 4) is 0 Å². The largest absolute Gasteiger partial charge is 0.478 e. The third-order valence-electron chi connectivity index (χ3n) is 8.56. The Labute approximate surface area is 262 Å². The van der Waals surface area contributed by atoms with Gasteiger partial charge in [-0.15, -0.1) is 11.3 Å². The van der Waals surface area contributed by atoms with Gasteiger partial charge in [-0.3, -0.25) is 14.7 Å². The number of aromatic nitrogens is 1. The van der Waals surface area contributed by atoms with Crippen LogP contribution in [0, 0.1) is 30.4 Å². The molecule has 0 radical (unpaired) electrons. The van der Waals surface area contributed by atoms with E-state index in [1.54, 1.807) is 32.2 Å². The summed E-state index contributed by atoms with van der Waals surface area (Å²) >= 11 is 1.38. The molecule has 2 N–H and O–H groups in total. The van der Waals surface area contributed by atoms with Crippen molar-refractivity contribution in [3.63, 3.8) is 0 Å². The highest BCUT2D eigenvalue weighted by molar-refractivity contribution is 7.11. The van der Waals surface area contributed by atoms with Crippen LogP contribution < -0.4 is 10.2 Å². The molecule has 3 aliphatic heterocycles. The topological polar surface area (TPSA) is 124 Å². The van der Waals surface area contributed by atoms with Crippen molar-refractivity contribution in [1.29, 1.82) is 0 Å². The first kappa shape index (κ1) is 30.5. The van der Waals surface area contributed by atoms with Gasteiger partial charge in [0.1, 0.15) is 17.7 Å². The van der Waals surface area contributed by atoms with Crippen molar-refractivity contribution in [2.45, 2.75) is 26.3 Å². The average molecular weight is 636 g/mol. The molecule has 3 aromatic rings. The lowest BCUT2D eigenvalue weighted by Gasteiger charge is -2.36. The van der Waals surface area contributed by atoms with E-state index in [1.165, 1.54) is 34.4 Å². The molecule has 45 heavy (non-hydrogen) atoms. The summed E-state index contributed by atoms with van der Waals surface area (Å²) < 4.78 is 34.7. The third kappa shape index (κ3) is 5.85. The minimum atomic E-state index is -1.37. The minimum absolute atomic E-state index is 0.0722. The number of carbonyl (C=O) groups excluding carboxylic acids is 2. The number of nitrogens with zero attached hydrogens (tertiary/aromatic N) is 4. The van der Waals surface area contributed by atoms with Crippen LogP contribution in [-0.2, 0) is 14.3 Å². The predicted molar refractivity (Wildman–Crippen MR) is 163 cm³/mol. The van der Waals surface area contributed by atoms with E-state index < -0.39 is 35.2 Å². The Hall–Kier alpha value is -4.49. The molecule has 0 aliphatic carbocycles. The van der Waals surface area contributed by atoms with Gasteiger partial charge in [-0.05, 0) is 62.2 Å². The molecule has 6 rings (SSSR count). The number of carboxylic acids is 1. The number of benzene rings is 2. The highest BCUT2D eigenvalue weighted by Crippen LogP contribution is 2.38. The maximum absolute atomic E-state index is 14.7. The third-order valence-corrected chi connectivity index (χ3v) is 9.34. The van der Waals surface area contributed by atoms with Crippen LogP contribution in [0.2, 0.25) is 0 Å². The summed E-state index contributed by atoms with van der Waals surface area (Å²) in [5.74, 6) is -3.23. The standard InChI is InChI=1S/C32H31F2N5O5S/c1-3-44-32(43)26-25(36-28(29-35-10-12-45-29)37-27(26)20-5-4-6-23(33)17(20)2)16-38-11-9-21-18(14-38)15-39(30(21)40)19-7-8-22(31(41)42)24(34)13-19/h4-8,10,12-13,18,21,27H,3,9,11,14-16H2,1-2H3,(H,36,37)(H,41,42)/t18-,21-,27-/m0/s1. The Morgan fingerprint density at radius 3 is 2.71 bits per heavy atom. The summed E-state index contributed by atoms with van der Waals surface area (Å²) in [5.41, 5.74) is 1.64. The van der Waals surface area contributed by atoms with E-state index in [0.717, 1.165) is 6.07 Å². The molecule has 1 aromatic heterocycles. The lowest BCUT2D eigenvalue weighted by atomic mass is 9.87. The highest BCUT2D eigenvalue weighted by atomic mass is 32.1. The fourth-order valence-electron chi connectivity index (χ4n) is 6.35. The van der Waals surface area contributed by atoms with Crippen LogP contribution in [0.25, 0.3) is 0 Å². The number of hydrogen-bond acceptors (Lipinski definition) is 9. The van der Waals surface area contributed by atoms with Gasteiger partial charge in [-0.25, -0.2) is 23.4 Å². The van der Waals surface area contributed by atoms with Gasteiger partial charge in [-0.1, -0.05) is 12.1 Å². The molecule has 0 saturated carbocycles. The van der Waals surface area contributed by atoms with Gasteiger partial charge < -0.3 is 20.1 Å². The molecule has 3 aliphatic rings. The molecule has 2 aromatic carbocycles. The number of aliphatic imine (C=N–C) groups is 1. The van der Waals surface area contributed by atoms with E-state index in [2.05, 4.69) is 15.2 Å². The summed E-state index contributed by atoms with van der Waals surface area (Å²) in [7, 11) is 0. The molecule has 3 atom stereocenters. The summed E-state index contributed by atoms with van der Waals surface area (Å²) in [6.07, 6.45) is 2.21. The first-order valence-electron chi connectivity index (χ1n) is 14.6. The summed E-state index contributed by atoms with van der Waals surface area (Å²) in [4.78, 5) is 51.0. The molecule has 0 bridgehead atoms. The number of esters is 1. The van der Waals surface area contributed by atoms with Crippen molar-refractivity contribution >= 4 is 40.7 Å². The summed E-state index contributed by atoms with van der Waals surface area (Å²) in [6, 6.07) is 7.60. The maximum Gasteiger partial charge on any atom is 0.338 e. The van der Waals surface area contributed by atoms with Crippen LogP contribution in [0.15, 0.2) is 64.2 Å². The molecule has 2 saturated heterocycles. The quantitative estimate of drug-likeness (QED) is 0.351. The first-order chi connectivity index (χ1) is 21.7. The number of likely N-dealkylation sites (tertiary alicyclic amines) is 1. The predicted octanol–water partition coefficient (Wildman–Crippen LogP) is 4.32. The lowest BCUT2D eigenvalue weighted by Crippen LogP contribution is -2.45. The number of hydrogen-bond donors (Lipinski definition) is 2. The normalized spacial score (nSPS) is 21.8. The molecule has 234 valence electrons. The van der Waals surface area contributed by atoms with E-state index in [1.807, 2.05) is 5.38 Å². The van der Waals surface area contributed by atoms with Crippen LogP contribution >= 0.6 is 11.3 Å². The molecular formula is C32H31F2N5O5S. The lowest BCUT2D eigenvalue weighted by molar-refractivity contribution is -0.139. The van der Waals surface area contributed by atoms with Gasteiger partial charge in [0, 0.05) is 54.4 Å². The number of thiazole rings is 1. The maximum atomic E-state index is 14.7. The number of rotatable bonds is 8. The summed E-state index contributed by atoms with van der Waals surface area (Å²) in [5, 5.41) is 14.9. The summed E-state index contributed by atoms with van der Waals surface area (Å²) in [6.45, 7) is 5.26. The second kappa shape index (κ2) is 12.5. The van der Waals surface area contributed by atoms with Gasteiger partial charge in [0.2, 0.25) is 5.91 Å². The number of nitrogens with one attached hydrogen (secondary N) is 1. The number of amidine groups is 1.